The number of amides is 1. The molecule has 0 fully saturated rings. The minimum Gasteiger partial charge on any atom is -0.496 e. The van der Waals surface area contributed by atoms with Crippen LogP contribution < -0.4 is 10.1 Å². The Kier molecular flexibility index (Phi) is 6.74. The molecular weight excluding hydrogens is 337 g/mol. The molecule has 0 aliphatic heterocycles. The van der Waals surface area contributed by atoms with Gasteiger partial charge in [0.25, 0.3) is 0 Å². The summed E-state index contributed by atoms with van der Waals surface area (Å²) in [6.07, 6.45) is 0. The summed E-state index contributed by atoms with van der Waals surface area (Å²) in [5, 5.41) is 3.47. The van der Waals surface area contributed by atoms with E-state index < -0.39 is 0 Å². The maximum atomic E-state index is 13.3. The Balaban J connectivity index is 1.78. The van der Waals surface area contributed by atoms with Crippen molar-refractivity contribution in [1.29, 1.82) is 0 Å². The van der Waals surface area contributed by atoms with Crippen LogP contribution in [0.25, 0.3) is 0 Å². The molecule has 1 amide bonds. The minimum atomic E-state index is -0.313. The molecule has 0 aliphatic carbocycles. The SMILES string of the molecule is COc1ccc(F)cc1CSCC(=O)NCc1cccc(Cl)c1. The minimum absolute atomic E-state index is 0.0784. The second-order valence-electron chi connectivity index (χ2n) is 4.86. The van der Waals surface area contributed by atoms with Gasteiger partial charge in [0.05, 0.1) is 12.9 Å². The van der Waals surface area contributed by atoms with Gasteiger partial charge in [0.15, 0.2) is 0 Å². The lowest BCUT2D eigenvalue weighted by Gasteiger charge is -2.09. The van der Waals surface area contributed by atoms with Gasteiger partial charge in [0, 0.05) is 22.9 Å². The van der Waals surface area contributed by atoms with Crippen molar-refractivity contribution in [3.05, 3.63) is 64.4 Å². The van der Waals surface area contributed by atoms with Crippen LogP contribution in [-0.4, -0.2) is 18.8 Å². The topological polar surface area (TPSA) is 38.3 Å². The number of carbonyl (C=O) groups excluding carboxylic acids is 1. The second-order valence-corrected chi connectivity index (χ2v) is 6.28. The van der Waals surface area contributed by atoms with Crippen molar-refractivity contribution in [3.63, 3.8) is 0 Å². The number of carbonyl (C=O) groups is 1. The van der Waals surface area contributed by atoms with Crippen LogP contribution in [0, 0.1) is 5.82 Å². The molecule has 1 N–H and O–H groups in total. The lowest BCUT2D eigenvalue weighted by molar-refractivity contribution is -0.118. The molecular formula is C17H17ClFNO2S. The highest BCUT2D eigenvalue weighted by molar-refractivity contribution is 7.99. The monoisotopic (exact) mass is 353 g/mol. The third kappa shape index (κ3) is 5.77. The van der Waals surface area contributed by atoms with Gasteiger partial charge in [-0.05, 0) is 35.9 Å². The van der Waals surface area contributed by atoms with Crippen LogP contribution in [0.5, 0.6) is 5.75 Å². The fourth-order valence-corrected chi connectivity index (χ4v) is 3.06. The second kappa shape index (κ2) is 8.79. The molecule has 0 bridgehead atoms. The van der Waals surface area contributed by atoms with Gasteiger partial charge in [0.2, 0.25) is 5.91 Å². The molecule has 0 heterocycles. The summed E-state index contributed by atoms with van der Waals surface area (Å²) in [7, 11) is 1.54. The largest absolute Gasteiger partial charge is 0.496 e. The fourth-order valence-electron chi connectivity index (χ4n) is 2.01. The summed E-state index contributed by atoms with van der Waals surface area (Å²) in [6.45, 7) is 0.434. The van der Waals surface area contributed by atoms with E-state index in [1.54, 1.807) is 19.2 Å². The molecule has 2 rings (SSSR count). The molecule has 0 aliphatic rings. The van der Waals surface area contributed by atoms with Gasteiger partial charge in [0.1, 0.15) is 11.6 Å². The molecule has 6 heteroatoms. The van der Waals surface area contributed by atoms with Gasteiger partial charge in [-0.25, -0.2) is 4.39 Å². The number of methoxy groups -OCH3 is 1. The molecule has 23 heavy (non-hydrogen) atoms. The molecule has 0 spiro atoms. The number of halogens is 2. The zero-order valence-corrected chi connectivity index (χ0v) is 14.2. The van der Waals surface area contributed by atoms with Crippen LogP contribution in [0.4, 0.5) is 4.39 Å². The average Bonchev–Trinajstić information content (AvgIpc) is 2.53. The molecule has 0 atom stereocenters. The lowest BCUT2D eigenvalue weighted by atomic mass is 10.2. The van der Waals surface area contributed by atoms with Gasteiger partial charge in [-0.3, -0.25) is 4.79 Å². The summed E-state index contributed by atoms with van der Waals surface area (Å²) < 4.78 is 18.4. The summed E-state index contributed by atoms with van der Waals surface area (Å²) in [5.74, 6) is 1.03. The van der Waals surface area contributed by atoms with Crippen molar-refractivity contribution in [3.8, 4) is 5.75 Å². The van der Waals surface area contributed by atoms with Gasteiger partial charge < -0.3 is 10.1 Å². The number of nitrogens with one attached hydrogen (secondary N) is 1. The number of ether oxygens (including phenoxy) is 1. The smallest absolute Gasteiger partial charge is 0.230 e. The van der Waals surface area contributed by atoms with Crippen LogP contribution in [-0.2, 0) is 17.1 Å². The number of hydrogen-bond donors (Lipinski definition) is 1. The normalized spacial score (nSPS) is 10.4. The van der Waals surface area contributed by atoms with Gasteiger partial charge >= 0.3 is 0 Å². The van der Waals surface area contributed by atoms with Crippen LogP contribution in [0.1, 0.15) is 11.1 Å². The van der Waals surface area contributed by atoms with Crippen molar-refractivity contribution >= 4 is 29.3 Å². The van der Waals surface area contributed by atoms with E-state index >= 15 is 0 Å². The maximum absolute atomic E-state index is 13.3. The zero-order valence-electron chi connectivity index (χ0n) is 12.6. The third-order valence-corrected chi connectivity index (χ3v) is 4.33. The summed E-state index contributed by atoms with van der Waals surface area (Å²) in [4.78, 5) is 11.8. The molecule has 0 radical (unpaired) electrons. The lowest BCUT2D eigenvalue weighted by Crippen LogP contribution is -2.24. The first-order chi connectivity index (χ1) is 11.1. The molecule has 122 valence electrons. The van der Waals surface area contributed by atoms with Crippen molar-refractivity contribution in [2.75, 3.05) is 12.9 Å². The summed E-state index contributed by atoms with van der Waals surface area (Å²) in [5.41, 5.74) is 1.68. The van der Waals surface area contributed by atoms with E-state index in [1.165, 1.54) is 23.9 Å². The fraction of sp³-hybridized carbons (Fsp3) is 0.235. The van der Waals surface area contributed by atoms with Crippen molar-refractivity contribution < 1.29 is 13.9 Å². The predicted molar refractivity (Wildman–Crippen MR) is 92.4 cm³/mol. The highest BCUT2D eigenvalue weighted by Crippen LogP contribution is 2.24. The van der Waals surface area contributed by atoms with Crippen molar-refractivity contribution in [2.45, 2.75) is 12.3 Å². The van der Waals surface area contributed by atoms with E-state index in [9.17, 15) is 9.18 Å². The van der Waals surface area contributed by atoms with Crippen molar-refractivity contribution in [1.82, 2.24) is 5.32 Å². The first kappa shape index (κ1) is 17.6. The standard InChI is InChI=1S/C17H17ClFNO2S/c1-22-16-6-5-15(19)8-13(16)10-23-11-17(21)20-9-12-3-2-4-14(18)7-12/h2-8H,9-11H2,1H3,(H,20,21). The first-order valence-electron chi connectivity index (χ1n) is 7.00. The zero-order chi connectivity index (χ0) is 16.7. The molecule has 0 saturated heterocycles. The summed E-state index contributed by atoms with van der Waals surface area (Å²) >= 11 is 7.30. The van der Waals surface area contributed by atoms with Crippen molar-refractivity contribution in [2.24, 2.45) is 0 Å². The molecule has 2 aromatic rings. The number of rotatable bonds is 7. The van der Waals surface area contributed by atoms with E-state index in [4.69, 9.17) is 16.3 Å². The van der Waals surface area contributed by atoms with Gasteiger partial charge in [-0.15, -0.1) is 11.8 Å². The molecule has 2 aromatic carbocycles. The third-order valence-electron chi connectivity index (χ3n) is 3.11. The molecule has 0 saturated carbocycles. The van der Waals surface area contributed by atoms with Gasteiger partial charge in [-0.1, -0.05) is 23.7 Å². The number of thioether (sulfide) groups is 1. The van der Waals surface area contributed by atoms with E-state index in [1.807, 2.05) is 18.2 Å². The first-order valence-corrected chi connectivity index (χ1v) is 8.53. The molecule has 3 nitrogen and oxygen atoms in total. The van der Waals surface area contributed by atoms with Crippen LogP contribution in [0.15, 0.2) is 42.5 Å². The number of benzene rings is 2. The Labute approximate surface area is 144 Å². The van der Waals surface area contributed by atoms with Crippen LogP contribution in [0.2, 0.25) is 5.02 Å². The van der Waals surface area contributed by atoms with Gasteiger partial charge in [-0.2, -0.15) is 0 Å². The predicted octanol–water partition coefficient (Wildman–Crippen LogP) is 4.04. The Bertz CT molecular complexity index is 681. The Morgan fingerprint density at radius 1 is 1.30 bits per heavy atom. The average molecular weight is 354 g/mol. The Hall–Kier alpha value is -1.72. The van der Waals surface area contributed by atoms with E-state index in [0.29, 0.717) is 28.8 Å². The van der Waals surface area contributed by atoms with Crippen LogP contribution in [0.3, 0.4) is 0 Å². The van der Waals surface area contributed by atoms with E-state index in [2.05, 4.69) is 5.32 Å². The summed E-state index contributed by atoms with van der Waals surface area (Å²) in [6, 6.07) is 11.7. The van der Waals surface area contributed by atoms with Crippen LogP contribution >= 0.6 is 23.4 Å². The molecule has 0 aromatic heterocycles. The van der Waals surface area contributed by atoms with E-state index in [0.717, 1.165) is 11.1 Å². The molecule has 0 unspecified atom stereocenters. The Morgan fingerprint density at radius 2 is 2.13 bits per heavy atom. The van der Waals surface area contributed by atoms with E-state index in [-0.39, 0.29) is 11.7 Å². The maximum Gasteiger partial charge on any atom is 0.230 e. The highest BCUT2D eigenvalue weighted by atomic mass is 35.5. The Morgan fingerprint density at radius 3 is 2.87 bits per heavy atom. The quantitative estimate of drug-likeness (QED) is 0.816. The number of hydrogen-bond acceptors (Lipinski definition) is 3. The highest BCUT2D eigenvalue weighted by Gasteiger charge is 2.07.